The van der Waals surface area contributed by atoms with Crippen molar-refractivity contribution in [3.63, 3.8) is 0 Å². The highest BCUT2D eigenvalue weighted by Gasteiger charge is 2.14. The highest BCUT2D eigenvalue weighted by molar-refractivity contribution is 7.21. The van der Waals surface area contributed by atoms with Gasteiger partial charge in [-0.25, -0.2) is 9.78 Å². The lowest BCUT2D eigenvalue weighted by Gasteiger charge is -2.08. The largest absolute Gasteiger partial charge is 0.489 e. The number of hydrogen-bond acceptors (Lipinski definition) is 4. The first kappa shape index (κ1) is 22.1. The van der Waals surface area contributed by atoms with Crippen LogP contribution in [-0.2, 0) is 6.61 Å². The highest BCUT2D eigenvalue weighted by Crippen LogP contribution is 2.32. The van der Waals surface area contributed by atoms with Crippen molar-refractivity contribution in [2.75, 3.05) is 0 Å². The minimum absolute atomic E-state index is 0.386. The number of nitrogens with zero attached hydrogens (tertiary/aromatic N) is 1. The van der Waals surface area contributed by atoms with Gasteiger partial charge in [-0.05, 0) is 77.5 Å². The van der Waals surface area contributed by atoms with Crippen LogP contribution in [0, 0.1) is 6.92 Å². The summed E-state index contributed by atoms with van der Waals surface area (Å²) >= 11 is 7.39. The summed E-state index contributed by atoms with van der Waals surface area (Å²) < 4.78 is 6.99. The molecule has 34 heavy (non-hydrogen) atoms. The van der Waals surface area contributed by atoms with Crippen LogP contribution in [0.4, 0.5) is 0 Å². The van der Waals surface area contributed by atoms with Gasteiger partial charge in [0.05, 0.1) is 11.2 Å². The Morgan fingerprint density at radius 1 is 1.06 bits per heavy atom. The number of carboxylic acids is 1. The maximum absolute atomic E-state index is 11.4. The average Bonchev–Trinajstić information content (AvgIpc) is 3.17. The maximum atomic E-state index is 11.4. The number of benzene rings is 3. The molecule has 0 saturated heterocycles. The van der Waals surface area contributed by atoms with Gasteiger partial charge in [-0.3, -0.25) is 0 Å². The summed E-state index contributed by atoms with van der Waals surface area (Å²) in [6, 6.07) is 23.5. The van der Waals surface area contributed by atoms with Crippen LogP contribution in [0.25, 0.3) is 33.1 Å². The number of carbonyl (C=O) groups is 1. The summed E-state index contributed by atoms with van der Waals surface area (Å²) in [5.41, 5.74) is 4.50. The number of aryl methyl sites for hydroxylation is 1. The third kappa shape index (κ3) is 4.67. The van der Waals surface area contributed by atoms with Crippen LogP contribution in [0.15, 0.2) is 72.8 Å². The van der Waals surface area contributed by atoms with Gasteiger partial charge in [0.2, 0.25) is 0 Å². The van der Waals surface area contributed by atoms with Crippen molar-refractivity contribution in [1.82, 2.24) is 4.98 Å². The number of fused-ring (bicyclic) bond motifs is 2. The fourth-order valence-corrected chi connectivity index (χ4v) is 5.01. The Kier molecular flexibility index (Phi) is 6.05. The third-order valence-electron chi connectivity index (χ3n) is 5.58. The molecule has 0 aliphatic rings. The van der Waals surface area contributed by atoms with Crippen molar-refractivity contribution in [2.24, 2.45) is 0 Å². The lowest BCUT2D eigenvalue weighted by Crippen LogP contribution is -1.96. The van der Waals surface area contributed by atoms with Crippen molar-refractivity contribution < 1.29 is 14.6 Å². The molecule has 0 saturated carbocycles. The fraction of sp³-hybridized carbons (Fsp3) is 0.0714. The smallest absolute Gasteiger partial charge is 0.346 e. The van der Waals surface area contributed by atoms with Crippen LogP contribution < -0.4 is 4.74 Å². The van der Waals surface area contributed by atoms with Gasteiger partial charge in [0.15, 0.2) is 0 Å². The zero-order valence-corrected chi connectivity index (χ0v) is 19.9. The van der Waals surface area contributed by atoms with Crippen molar-refractivity contribution in [1.29, 1.82) is 0 Å². The van der Waals surface area contributed by atoms with E-state index in [0.29, 0.717) is 16.5 Å². The van der Waals surface area contributed by atoms with E-state index in [4.69, 9.17) is 16.3 Å². The van der Waals surface area contributed by atoms with Gasteiger partial charge >= 0.3 is 5.97 Å². The third-order valence-corrected chi connectivity index (χ3v) is 7.08. The molecule has 0 fully saturated rings. The second kappa shape index (κ2) is 9.29. The van der Waals surface area contributed by atoms with E-state index in [1.165, 1.54) is 11.3 Å². The molecule has 1 N–H and O–H groups in total. The van der Waals surface area contributed by atoms with Crippen LogP contribution in [0.1, 0.15) is 32.1 Å². The molecule has 0 bridgehead atoms. The van der Waals surface area contributed by atoms with Gasteiger partial charge in [0, 0.05) is 15.1 Å². The zero-order chi connectivity index (χ0) is 23.7. The van der Waals surface area contributed by atoms with E-state index in [2.05, 4.69) is 4.98 Å². The topological polar surface area (TPSA) is 59.4 Å². The second-order valence-electron chi connectivity index (χ2n) is 7.96. The highest BCUT2D eigenvalue weighted by atomic mass is 35.5. The van der Waals surface area contributed by atoms with Gasteiger partial charge in [-0.1, -0.05) is 48.0 Å². The maximum Gasteiger partial charge on any atom is 0.346 e. The number of thiophene rings is 1. The van der Waals surface area contributed by atoms with Gasteiger partial charge in [-0.15, -0.1) is 11.3 Å². The first-order chi connectivity index (χ1) is 16.5. The predicted octanol–water partition coefficient (Wildman–Crippen LogP) is 7.86. The molecule has 2 aromatic heterocycles. The zero-order valence-electron chi connectivity index (χ0n) is 18.3. The molecular weight excluding hydrogens is 466 g/mol. The van der Waals surface area contributed by atoms with Crippen LogP contribution >= 0.6 is 22.9 Å². The fourth-order valence-electron chi connectivity index (χ4n) is 3.82. The number of aromatic carboxylic acids is 1. The first-order valence-corrected chi connectivity index (χ1v) is 11.9. The summed E-state index contributed by atoms with van der Waals surface area (Å²) in [5.74, 6) is -0.127. The van der Waals surface area contributed by atoms with Crippen molar-refractivity contribution in [3.05, 3.63) is 105 Å². The summed E-state index contributed by atoms with van der Waals surface area (Å²) in [6.45, 7) is 2.25. The molecule has 0 aliphatic carbocycles. The molecule has 2 heterocycles. The summed E-state index contributed by atoms with van der Waals surface area (Å²) in [6.07, 6.45) is 3.96. The lowest BCUT2D eigenvalue weighted by atomic mass is 10.1. The van der Waals surface area contributed by atoms with Gasteiger partial charge in [0.1, 0.15) is 17.2 Å². The van der Waals surface area contributed by atoms with E-state index in [9.17, 15) is 9.90 Å². The molecule has 0 amide bonds. The molecule has 0 atom stereocenters. The summed E-state index contributed by atoms with van der Waals surface area (Å²) in [7, 11) is 0. The van der Waals surface area contributed by atoms with Crippen molar-refractivity contribution in [2.45, 2.75) is 13.5 Å². The molecule has 5 aromatic rings. The number of rotatable bonds is 6. The normalized spacial score (nSPS) is 11.5. The Morgan fingerprint density at radius 3 is 2.76 bits per heavy atom. The van der Waals surface area contributed by atoms with Gasteiger partial charge in [-0.2, -0.15) is 0 Å². The number of ether oxygens (including phenoxy) is 1. The molecule has 4 nitrogen and oxygen atoms in total. The minimum atomic E-state index is -0.885. The Bertz CT molecular complexity index is 1570. The number of carboxylic acid groups (broad SMARTS) is 1. The number of halogens is 1. The molecular formula is C28H20ClNO3S. The predicted molar refractivity (Wildman–Crippen MR) is 140 cm³/mol. The molecule has 5 rings (SSSR count). The SMILES string of the molecule is Cc1c(C(=O)O)sc2ccc(COc3cccc(C=Cc4ccc5ccc(Cl)cc5n4)c3)cc12. The Hall–Kier alpha value is -3.67. The molecule has 0 aliphatic heterocycles. The van der Waals surface area contributed by atoms with E-state index in [0.717, 1.165) is 49.1 Å². The summed E-state index contributed by atoms with van der Waals surface area (Å²) in [5, 5.41) is 12.0. The van der Waals surface area contributed by atoms with Gasteiger partial charge < -0.3 is 9.84 Å². The molecule has 168 valence electrons. The number of pyridine rings is 1. The van der Waals surface area contributed by atoms with E-state index in [1.54, 1.807) is 0 Å². The Balaban J connectivity index is 1.30. The Labute approximate surface area is 205 Å². The molecule has 0 spiro atoms. The van der Waals surface area contributed by atoms with E-state index in [1.807, 2.05) is 91.9 Å². The number of aromatic nitrogens is 1. The van der Waals surface area contributed by atoms with Crippen molar-refractivity contribution in [3.8, 4) is 5.75 Å². The quantitative estimate of drug-likeness (QED) is 0.266. The van der Waals surface area contributed by atoms with Crippen LogP contribution in [0.2, 0.25) is 5.02 Å². The molecule has 0 radical (unpaired) electrons. The average molecular weight is 486 g/mol. The minimum Gasteiger partial charge on any atom is -0.489 e. The van der Waals surface area contributed by atoms with E-state index < -0.39 is 5.97 Å². The summed E-state index contributed by atoms with van der Waals surface area (Å²) in [4.78, 5) is 16.4. The van der Waals surface area contributed by atoms with E-state index in [-0.39, 0.29) is 0 Å². The molecule has 6 heteroatoms. The number of hydrogen-bond donors (Lipinski definition) is 1. The van der Waals surface area contributed by atoms with Gasteiger partial charge in [0.25, 0.3) is 0 Å². The van der Waals surface area contributed by atoms with E-state index >= 15 is 0 Å². The standard InChI is InChI=1S/C28H20ClNO3S/c1-17-24-14-19(6-12-26(24)34-27(17)28(31)32)16-33-23-4-2-3-18(13-23)5-10-22-11-8-20-7-9-21(29)15-25(20)30-22/h2-15H,16H2,1H3,(H,31,32). The second-order valence-corrected chi connectivity index (χ2v) is 9.45. The lowest BCUT2D eigenvalue weighted by molar-refractivity contribution is 0.0701. The molecule has 0 unspecified atom stereocenters. The van der Waals surface area contributed by atoms with Crippen LogP contribution in [-0.4, -0.2) is 16.1 Å². The monoisotopic (exact) mass is 485 g/mol. The Morgan fingerprint density at radius 2 is 1.91 bits per heavy atom. The molecule has 3 aromatic carbocycles. The first-order valence-electron chi connectivity index (χ1n) is 10.7. The van der Waals surface area contributed by atoms with Crippen molar-refractivity contribution >= 4 is 62.0 Å². The van der Waals surface area contributed by atoms with Crippen LogP contribution in [0.5, 0.6) is 5.75 Å². The van der Waals surface area contributed by atoms with Crippen LogP contribution in [0.3, 0.4) is 0 Å².